The van der Waals surface area contributed by atoms with E-state index in [1.54, 1.807) is 0 Å². The van der Waals surface area contributed by atoms with Crippen molar-refractivity contribution in [3.05, 3.63) is 28.7 Å². The van der Waals surface area contributed by atoms with Gasteiger partial charge in [-0.3, -0.25) is 4.79 Å². The molecule has 0 amide bonds. The molecule has 0 unspecified atom stereocenters. The van der Waals surface area contributed by atoms with Gasteiger partial charge in [0.05, 0.1) is 11.5 Å². The molecule has 1 rings (SSSR count). The van der Waals surface area contributed by atoms with Gasteiger partial charge in [0.2, 0.25) is 15.6 Å². The van der Waals surface area contributed by atoms with Crippen LogP contribution in [0.1, 0.15) is 0 Å². The molecule has 0 aliphatic heterocycles. The summed E-state index contributed by atoms with van der Waals surface area (Å²) in [6.07, 6.45) is 1.18. The maximum Gasteiger partial charge on any atom is 0.247 e. The van der Waals surface area contributed by atoms with Crippen LogP contribution < -0.4 is 5.56 Å². The number of hydrogen-bond acceptors (Lipinski definition) is 4. The van der Waals surface area contributed by atoms with E-state index in [9.17, 15) is 13.2 Å². The van der Waals surface area contributed by atoms with Gasteiger partial charge in [-0.2, -0.15) is 4.31 Å². The molecule has 7 heteroatoms. The van der Waals surface area contributed by atoms with Crippen molar-refractivity contribution in [3.8, 4) is 0 Å². The van der Waals surface area contributed by atoms with Crippen LogP contribution in [0.2, 0.25) is 0 Å². The molecule has 0 saturated heterocycles. The molecule has 1 aromatic rings. The Morgan fingerprint density at radius 3 is 2.62 bits per heavy atom. The van der Waals surface area contributed by atoms with E-state index in [1.807, 2.05) is 0 Å². The Morgan fingerprint density at radius 1 is 1.44 bits per heavy atom. The molecule has 6 nitrogen and oxygen atoms in total. The maximum atomic E-state index is 11.9. The molecule has 0 aromatic carbocycles. The number of aromatic nitrogens is 1. The second-order valence-corrected chi connectivity index (χ2v) is 5.25. The molecule has 16 heavy (non-hydrogen) atoms. The summed E-state index contributed by atoms with van der Waals surface area (Å²) >= 11 is 0. The second kappa shape index (κ2) is 5.24. The number of rotatable bonds is 5. The zero-order valence-electron chi connectivity index (χ0n) is 9.13. The van der Waals surface area contributed by atoms with Crippen molar-refractivity contribution in [1.29, 1.82) is 0 Å². The van der Waals surface area contributed by atoms with Crippen molar-refractivity contribution >= 4 is 10.0 Å². The van der Waals surface area contributed by atoms with Gasteiger partial charge < -0.3 is 9.72 Å². The largest absolute Gasteiger partial charge is 0.383 e. The Kier molecular flexibility index (Phi) is 4.22. The summed E-state index contributed by atoms with van der Waals surface area (Å²) < 4.78 is 29.8. The second-order valence-electron chi connectivity index (χ2n) is 3.21. The highest BCUT2D eigenvalue weighted by molar-refractivity contribution is 7.89. The number of likely N-dealkylation sites (N-methyl/N-ethyl adjacent to an activating group) is 1. The Labute approximate surface area is 93.9 Å². The molecule has 0 bridgehead atoms. The number of nitrogens with zero attached hydrogens (tertiary/aromatic N) is 1. The predicted octanol–water partition coefficient (Wildman–Crippen LogP) is -0.358. The molecule has 0 atom stereocenters. The number of ether oxygens (including phenoxy) is 1. The van der Waals surface area contributed by atoms with E-state index in [0.29, 0.717) is 6.61 Å². The smallest absolute Gasteiger partial charge is 0.247 e. The number of aromatic amines is 1. The third kappa shape index (κ3) is 2.91. The van der Waals surface area contributed by atoms with Crippen LogP contribution in [0.25, 0.3) is 0 Å². The quantitative estimate of drug-likeness (QED) is 0.769. The summed E-state index contributed by atoms with van der Waals surface area (Å²) in [6, 6.07) is 2.45. The minimum absolute atomic E-state index is 0.0608. The van der Waals surface area contributed by atoms with Gasteiger partial charge in [0.15, 0.2) is 0 Å². The third-order valence-electron chi connectivity index (χ3n) is 2.07. The normalized spacial score (nSPS) is 11.9. The highest BCUT2D eigenvalue weighted by Gasteiger charge is 2.20. The lowest BCUT2D eigenvalue weighted by molar-refractivity contribution is 0.185. The molecule has 0 spiro atoms. The van der Waals surface area contributed by atoms with Gasteiger partial charge >= 0.3 is 0 Å². The van der Waals surface area contributed by atoms with Crippen molar-refractivity contribution in [2.24, 2.45) is 0 Å². The molecule has 0 aliphatic rings. The van der Waals surface area contributed by atoms with Crippen LogP contribution in [-0.4, -0.2) is 45.0 Å². The summed E-state index contributed by atoms with van der Waals surface area (Å²) in [4.78, 5) is 13.2. The third-order valence-corrected chi connectivity index (χ3v) is 3.93. The first-order valence-electron chi connectivity index (χ1n) is 4.62. The van der Waals surface area contributed by atoms with Gasteiger partial charge in [-0.15, -0.1) is 0 Å². The Hall–Kier alpha value is -1.18. The van der Waals surface area contributed by atoms with E-state index >= 15 is 0 Å². The lowest BCUT2D eigenvalue weighted by atomic mass is 10.5. The van der Waals surface area contributed by atoms with E-state index in [2.05, 4.69) is 4.98 Å². The first-order chi connectivity index (χ1) is 7.48. The fourth-order valence-corrected chi connectivity index (χ4v) is 2.20. The summed E-state index contributed by atoms with van der Waals surface area (Å²) in [6.45, 7) is 0.580. The number of pyridine rings is 1. The number of methoxy groups -OCH3 is 1. The van der Waals surface area contributed by atoms with Crippen molar-refractivity contribution in [2.75, 3.05) is 27.3 Å². The van der Waals surface area contributed by atoms with Crippen molar-refractivity contribution in [3.63, 3.8) is 0 Å². The lowest BCUT2D eigenvalue weighted by Gasteiger charge is -2.16. The molecule has 0 fully saturated rings. The van der Waals surface area contributed by atoms with Gasteiger partial charge in [-0.05, 0) is 6.07 Å². The summed E-state index contributed by atoms with van der Waals surface area (Å²) in [5, 5.41) is 0. The first-order valence-corrected chi connectivity index (χ1v) is 6.06. The number of sulfonamides is 1. The number of H-pyrrole nitrogens is 1. The van der Waals surface area contributed by atoms with Crippen LogP contribution in [0.3, 0.4) is 0 Å². The Bertz CT molecular complexity index is 474. The van der Waals surface area contributed by atoms with E-state index in [4.69, 9.17) is 4.74 Å². The van der Waals surface area contributed by atoms with E-state index in [0.717, 1.165) is 0 Å². The topological polar surface area (TPSA) is 79.5 Å². The van der Waals surface area contributed by atoms with Crippen LogP contribution in [0.15, 0.2) is 28.0 Å². The molecule has 90 valence electrons. The maximum absolute atomic E-state index is 11.9. The summed E-state index contributed by atoms with van der Waals surface area (Å²) in [7, 11) is -0.587. The number of hydrogen-bond donors (Lipinski definition) is 1. The zero-order chi connectivity index (χ0) is 12.2. The van der Waals surface area contributed by atoms with Gasteiger partial charge in [-0.25, -0.2) is 8.42 Å². The van der Waals surface area contributed by atoms with E-state index in [-0.39, 0.29) is 17.0 Å². The molecular weight excluding hydrogens is 232 g/mol. The molecule has 0 aliphatic carbocycles. The molecule has 1 heterocycles. The van der Waals surface area contributed by atoms with Gasteiger partial charge in [0.1, 0.15) is 0 Å². The number of nitrogens with one attached hydrogen (secondary N) is 1. The minimum Gasteiger partial charge on any atom is -0.383 e. The summed E-state index contributed by atoms with van der Waals surface area (Å²) in [5.74, 6) is 0. The molecule has 0 saturated carbocycles. The highest BCUT2D eigenvalue weighted by Crippen LogP contribution is 2.10. The molecule has 1 N–H and O–H groups in total. The lowest BCUT2D eigenvalue weighted by Crippen LogP contribution is -2.30. The average molecular weight is 246 g/mol. The summed E-state index contributed by atoms with van der Waals surface area (Å²) in [5.41, 5.74) is -0.335. The van der Waals surface area contributed by atoms with Crippen LogP contribution in [0, 0.1) is 0 Å². The van der Waals surface area contributed by atoms with Crippen LogP contribution in [-0.2, 0) is 14.8 Å². The Morgan fingerprint density at radius 2 is 2.12 bits per heavy atom. The average Bonchev–Trinajstić information content (AvgIpc) is 2.26. The first kappa shape index (κ1) is 12.9. The SMILES string of the molecule is COCCN(C)S(=O)(=O)c1ccc(=O)[nH]c1. The molecule has 0 radical (unpaired) electrons. The monoisotopic (exact) mass is 246 g/mol. The van der Waals surface area contributed by atoms with E-state index in [1.165, 1.54) is 36.8 Å². The van der Waals surface area contributed by atoms with E-state index < -0.39 is 10.0 Å². The fourth-order valence-electron chi connectivity index (χ4n) is 1.08. The van der Waals surface area contributed by atoms with Gasteiger partial charge in [0.25, 0.3) is 0 Å². The van der Waals surface area contributed by atoms with Crippen molar-refractivity contribution in [2.45, 2.75) is 4.90 Å². The van der Waals surface area contributed by atoms with Crippen LogP contribution >= 0.6 is 0 Å². The Balaban J connectivity index is 2.93. The van der Waals surface area contributed by atoms with Gasteiger partial charge in [-0.1, -0.05) is 0 Å². The minimum atomic E-state index is -3.54. The van der Waals surface area contributed by atoms with Crippen LogP contribution in [0.4, 0.5) is 0 Å². The highest BCUT2D eigenvalue weighted by atomic mass is 32.2. The van der Waals surface area contributed by atoms with Crippen molar-refractivity contribution in [1.82, 2.24) is 9.29 Å². The van der Waals surface area contributed by atoms with Gasteiger partial charge in [0, 0.05) is 33.0 Å². The molecular formula is C9H14N2O4S. The standard InChI is InChI=1S/C9H14N2O4S/c1-11(5-6-15-2)16(13,14)8-3-4-9(12)10-7-8/h3-4,7H,5-6H2,1-2H3,(H,10,12). The molecule has 1 aromatic heterocycles. The van der Waals surface area contributed by atoms with Crippen LogP contribution in [0.5, 0.6) is 0 Å². The zero-order valence-corrected chi connectivity index (χ0v) is 9.95. The predicted molar refractivity (Wildman–Crippen MR) is 58.8 cm³/mol. The fraction of sp³-hybridized carbons (Fsp3) is 0.444. The van der Waals surface area contributed by atoms with Crippen molar-refractivity contribution < 1.29 is 13.2 Å².